The molecule has 0 radical (unpaired) electrons. The Kier molecular flexibility index (Phi) is 6.58. The number of para-hydroxylation sites is 1. The predicted molar refractivity (Wildman–Crippen MR) is 94.5 cm³/mol. The van der Waals surface area contributed by atoms with Gasteiger partial charge in [0, 0.05) is 18.7 Å². The van der Waals surface area contributed by atoms with Crippen molar-refractivity contribution in [2.75, 3.05) is 20.5 Å². The van der Waals surface area contributed by atoms with Gasteiger partial charge in [-0.1, -0.05) is 18.2 Å². The van der Waals surface area contributed by atoms with Crippen molar-refractivity contribution in [1.29, 1.82) is 0 Å². The van der Waals surface area contributed by atoms with Gasteiger partial charge in [-0.15, -0.1) is 12.4 Å². The predicted octanol–water partition coefficient (Wildman–Crippen LogP) is 3.53. The Balaban J connectivity index is 0.00000208. The largest absolute Gasteiger partial charge is 0.493 e. The first-order chi connectivity index (χ1) is 11.3. The van der Waals surface area contributed by atoms with Crippen LogP contribution in [0.2, 0.25) is 0 Å². The topological polar surface area (TPSA) is 49.0 Å². The highest BCUT2D eigenvalue weighted by Crippen LogP contribution is 2.33. The molecular formula is C18H22ClNO4. The van der Waals surface area contributed by atoms with Crippen LogP contribution >= 0.6 is 12.4 Å². The van der Waals surface area contributed by atoms with Gasteiger partial charge in [0.15, 0.2) is 23.0 Å². The first kappa shape index (κ1) is 18.2. The number of hydrogen-bond donors (Lipinski definition) is 1. The minimum Gasteiger partial charge on any atom is -0.493 e. The Labute approximate surface area is 148 Å². The average molecular weight is 352 g/mol. The lowest BCUT2D eigenvalue weighted by Gasteiger charge is -2.14. The Bertz CT molecular complexity index is 678. The van der Waals surface area contributed by atoms with Gasteiger partial charge in [-0.2, -0.15) is 0 Å². The van der Waals surface area contributed by atoms with Gasteiger partial charge in [-0.3, -0.25) is 0 Å². The molecule has 0 aliphatic carbocycles. The molecule has 1 heterocycles. The molecular weight excluding hydrogens is 330 g/mol. The van der Waals surface area contributed by atoms with E-state index in [1.165, 1.54) is 0 Å². The minimum atomic E-state index is 0. The number of methoxy groups -OCH3 is 1. The molecule has 0 amide bonds. The molecule has 24 heavy (non-hydrogen) atoms. The van der Waals surface area contributed by atoms with Gasteiger partial charge in [-0.05, 0) is 30.7 Å². The van der Waals surface area contributed by atoms with Crippen LogP contribution in [0.4, 0.5) is 0 Å². The second-order valence-corrected chi connectivity index (χ2v) is 5.17. The second kappa shape index (κ2) is 8.66. The van der Waals surface area contributed by atoms with Gasteiger partial charge in [0.1, 0.15) is 0 Å². The van der Waals surface area contributed by atoms with Crippen LogP contribution in [0.5, 0.6) is 23.0 Å². The van der Waals surface area contributed by atoms with E-state index in [9.17, 15) is 0 Å². The number of benzene rings is 2. The Morgan fingerprint density at radius 1 is 1.08 bits per heavy atom. The summed E-state index contributed by atoms with van der Waals surface area (Å²) in [5.74, 6) is 3.17. The smallest absolute Gasteiger partial charge is 0.231 e. The van der Waals surface area contributed by atoms with Crippen molar-refractivity contribution in [3.8, 4) is 23.0 Å². The van der Waals surface area contributed by atoms with Gasteiger partial charge in [0.2, 0.25) is 6.79 Å². The molecule has 0 bridgehead atoms. The van der Waals surface area contributed by atoms with Gasteiger partial charge < -0.3 is 24.3 Å². The van der Waals surface area contributed by atoms with E-state index >= 15 is 0 Å². The average Bonchev–Trinajstić information content (AvgIpc) is 3.04. The molecule has 1 aliphatic heterocycles. The van der Waals surface area contributed by atoms with E-state index in [4.69, 9.17) is 18.9 Å². The molecule has 0 unspecified atom stereocenters. The molecule has 0 saturated carbocycles. The van der Waals surface area contributed by atoms with Crippen LogP contribution in [0.3, 0.4) is 0 Å². The number of halogens is 1. The summed E-state index contributed by atoms with van der Waals surface area (Å²) in [6.45, 7) is 4.31. The maximum absolute atomic E-state index is 5.72. The highest BCUT2D eigenvalue weighted by Gasteiger charge is 2.13. The summed E-state index contributed by atoms with van der Waals surface area (Å²) in [5, 5.41) is 3.43. The van der Waals surface area contributed by atoms with Crippen LogP contribution in [0.1, 0.15) is 18.1 Å². The third-order valence-corrected chi connectivity index (χ3v) is 3.65. The number of hydrogen-bond acceptors (Lipinski definition) is 5. The van der Waals surface area contributed by atoms with Crippen LogP contribution in [-0.4, -0.2) is 20.5 Å². The molecule has 5 nitrogen and oxygen atoms in total. The van der Waals surface area contributed by atoms with Gasteiger partial charge in [0.05, 0.1) is 13.7 Å². The third kappa shape index (κ3) is 4.04. The molecule has 0 spiro atoms. The van der Waals surface area contributed by atoms with Crippen LogP contribution in [-0.2, 0) is 13.1 Å². The van der Waals surface area contributed by atoms with Crippen molar-refractivity contribution in [2.45, 2.75) is 20.0 Å². The van der Waals surface area contributed by atoms with Crippen LogP contribution in [0.25, 0.3) is 0 Å². The summed E-state index contributed by atoms with van der Waals surface area (Å²) >= 11 is 0. The Morgan fingerprint density at radius 3 is 2.71 bits per heavy atom. The van der Waals surface area contributed by atoms with E-state index in [2.05, 4.69) is 5.32 Å². The van der Waals surface area contributed by atoms with Crippen LogP contribution in [0, 0.1) is 0 Å². The minimum absolute atomic E-state index is 0. The Morgan fingerprint density at radius 2 is 1.92 bits per heavy atom. The van der Waals surface area contributed by atoms with Crippen molar-refractivity contribution in [1.82, 2.24) is 5.32 Å². The number of ether oxygens (including phenoxy) is 4. The molecule has 6 heteroatoms. The van der Waals surface area contributed by atoms with Crippen molar-refractivity contribution in [2.24, 2.45) is 0 Å². The van der Waals surface area contributed by atoms with E-state index in [0.717, 1.165) is 40.7 Å². The maximum atomic E-state index is 5.72. The van der Waals surface area contributed by atoms with Gasteiger partial charge in [0.25, 0.3) is 0 Å². The fourth-order valence-corrected chi connectivity index (χ4v) is 2.56. The molecule has 2 aromatic carbocycles. The molecule has 1 aliphatic rings. The lowest BCUT2D eigenvalue weighted by Crippen LogP contribution is -2.14. The zero-order valence-corrected chi connectivity index (χ0v) is 14.7. The van der Waals surface area contributed by atoms with Crippen molar-refractivity contribution in [3.05, 3.63) is 47.5 Å². The summed E-state index contributed by atoms with van der Waals surface area (Å²) < 4.78 is 21.8. The summed E-state index contributed by atoms with van der Waals surface area (Å²) in [7, 11) is 1.65. The van der Waals surface area contributed by atoms with E-state index in [1.54, 1.807) is 7.11 Å². The van der Waals surface area contributed by atoms with Crippen molar-refractivity contribution >= 4 is 12.4 Å². The summed E-state index contributed by atoms with van der Waals surface area (Å²) in [6, 6.07) is 11.9. The van der Waals surface area contributed by atoms with Gasteiger partial charge in [-0.25, -0.2) is 0 Å². The number of fused-ring (bicyclic) bond motifs is 1. The highest BCUT2D eigenvalue weighted by molar-refractivity contribution is 5.85. The lowest BCUT2D eigenvalue weighted by molar-refractivity contribution is 0.174. The molecule has 130 valence electrons. The summed E-state index contributed by atoms with van der Waals surface area (Å²) in [6.07, 6.45) is 0. The van der Waals surface area contributed by atoms with E-state index in [0.29, 0.717) is 19.9 Å². The number of rotatable bonds is 7. The SMILES string of the molecule is CCOc1c(CNCc2ccc3c(c2)OCO3)cccc1OC.Cl. The van der Waals surface area contributed by atoms with E-state index < -0.39 is 0 Å². The standard InChI is InChI=1S/C18H21NO4.ClH/c1-3-21-18-14(5-4-6-16(18)20-2)11-19-10-13-7-8-15-17(9-13)23-12-22-15;/h4-9,19H,3,10-12H2,1-2H3;1H. The van der Waals surface area contributed by atoms with Crippen molar-refractivity contribution in [3.63, 3.8) is 0 Å². The van der Waals surface area contributed by atoms with Crippen LogP contribution < -0.4 is 24.3 Å². The summed E-state index contributed by atoms with van der Waals surface area (Å²) in [4.78, 5) is 0. The Hall–Kier alpha value is -2.11. The number of nitrogens with one attached hydrogen (secondary N) is 1. The molecule has 0 fully saturated rings. The second-order valence-electron chi connectivity index (χ2n) is 5.17. The molecule has 0 atom stereocenters. The quantitative estimate of drug-likeness (QED) is 0.827. The first-order valence-electron chi connectivity index (χ1n) is 7.69. The third-order valence-electron chi connectivity index (χ3n) is 3.65. The van der Waals surface area contributed by atoms with E-state index in [1.807, 2.05) is 43.3 Å². The fourth-order valence-electron chi connectivity index (χ4n) is 2.56. The molecule has 0 aromatic heterocycles. The monoisotopic (exact) mass is 351 g/mol. The molecule has 0 saturated heterocycles. The maximum Gasteiger partial charge on any atom is 0.231 e. The van der Waals surface area contributed by atoms with Crippen molar-refractivity contribution < 1.29 is 18.9 Å². The molecule has 3 rings (SSSR count). The fraction of sp³-hybridized carbons (Fsp3) is 0.333. The zero-order chi connectivity index (χ0) is 16.1. The van der Waals surface area contributed by atoms with E-state index in [-0.39, 0.29) is 12.4 Å². The highest BCUT2D eigenvalue weighted by atomic mass is 35.5. The molecule has 1 N–H and O–H groups in total. The van der Waals surface area contributed by atoms with Gasteiger partial charge >= 0.3 is 0 Å². The first-order valence-corrected chi connectivity index (χ1v) is 7.69. The lowest BCUT2D eigenvalue weighted by atomic mass is 10.1. The van der Waals surface area contributed by atoms with Crippen LogP contribution in [0.15, 0.2) is 36.4 Å². The summed E-state index contributed by atoms with van der Waals surface area (Å²) in [5.41, 5.74) is 2.22. The normalized spacial score (nSPS) is 11.8. The zero-order valence-electron chi connectivity index (χ0n) is 13.8. The molecule has 2 aromatic rings.